The van der Waals surface area contributed by atoms with Crippen molar-refractivity contribution >= 4 is 11.3 Å². The van der Waals surface area contributed by atoms with E-state index in [2.05, 4.69) is 56.1 Å². The first-order valence-corrected chi connectivity index (χ1v) is 5.62. The molecule has 1 atom stereocenters. The molecule has 0 fully saturated rings. The van der Waals surface area contributed by atoms with Gasteiger partial charge in [0.2, 0.25) is 0 Å². The minimum Gasteiger partial charge on any atom is -0.378 e. The summed E-state index contributed by atoms with van der Waals surface area (Å²) in [4.78, 5) is 0. The number of rotatable bonds is 3. The zero-order valence-electron chi connectivity index (χ0n) is 9.83. The van der Waals surface area contributed by atoms with Gasteiger partial charge in [-0.1, -0.05) is 43.0 Å². The van der Waals surface area contributed by atoms with Crippen LogP contribution in [-0.4, -0.2) is 0 Å². The lowest BCUT2D eigenvalue weighted by Gasteiger charge is -2.30. The quantitative estimate of drug-likeness (QED) is 0.734. The van der Waals surface area contributed by atoms with Gasteiger partial charge in [-0.2, -0.15) is 0 Å². The first-order chi connectivity index (χ1) is 7.76. The number of benzene rings is 1. The first-order valence-electron chi connectivity index (χ1n) is 5.62. The van der Waals surface area contributed by atoms with Crippen molar-refractivity contribution in [3.05, 3.63) is 60.2 Å². The molecule has 1 nitrogen and oxygen atoms in total. The molecule has 1 aliphatic rings. The summed E-state index contributed by atoms with van der Waals surface area (Å²) >= 11 is 0. The summed E-state index contributed by atoms with van der Waals surface area (Å²) in [6.45, 7) is 7.92. The maximum absolute atomic E-state index is 3.69. The molecule has 0 bridgehead atoms. The number of allylic oxidation sites excluding steroid dienone is 5. The maximum atomic E-state index is 3.69. The second-order valence-corrected chi connectivity index (χ2v) is 4.01. The molecule has 0 aromatic heterocycles. The SMILES string of the molecule is C=C/C=C\C(=C/C)c1ccc2c(c1)NC2C. The number of hydrogen-bond donors (Lipinski definition) is 1. The van der Waals surface area contributed by atoms with E-state index < -0.39 is 0 Å². The minimum absolute atomic E-state index is 0.502. The van der Waals surface area contributed by atoms with Gasteiger partial charge >= 0.3 is 0 Å². The Hall–Kier alpha value is -1.76. The Kier molecular flexibility index (Phi) is 2.95. The smallest absolute Gasteiger partial charge is 0.0506 e. The first kappa shape index (κ1) is 10.7. The van der Waals surface area contributed by atoms with Crippen LogP contribution in [0.2, 0.25) is 0 Å². The van der Waals surface area contributed by atoms with Gasteiger partial charge < -0.3 is 5.32 Å². The van der Waals surface area contributed by atoms with Crippen LogP contribution in [0, 0.1) is 0 Å². The highest BCUT2D eigenvalue weighted by molar-refractivity contribution is 5.78. The van der Waals surface area contributed by atoms with Crippen molar-refractivity contribution in [3.63, 3.8) is 0 Å². The standard InChI is InChI=1S/C15H17N/c1-4-6-7-12(5-2)13-8-9-14-11(3)16-15(14)10-13/h4-11,16H,1H2,2-3H3/b7-6-,12-5+. The molecule has 82 valence electrons. The molecular formula is C15H17N. The summed E-state index contributed by atoms with van der Waals surface area (Å²) in [5.74, 6) is 0. The molecule has 0 radical (unpaired) electrons. The monoisotopic (exact) mass is 211 g/mol. The molecule has 0 aliphatic carbocycles. The van der Waals surface area contributed by atoms with Crippen molar-refractivity contribution in [3.8, 4) is 0 Å². The minimum atomic E-state index is 0.502. The van der Waals surface area contributed by atoms with Gasteiger partial charge in [-0.05, 0) is 36.6 Å². The fourth-order valence-electron chi connectivity index (χ4n) is 2.00. The van der Waals surface area contributed by atoms with Crippen LogP contribution >= 0.6 is 0 Å². The van der Waals surface area contributed by atoms with Gasteiger partial charge in [0.25, 0.3) is 0 Å². The number of fused-ring (bicyclic) bond motifs is 1. The van der Waals surface area contributed by atoms with Crippen LogP contribution < -0.4 is 5.32 Å². The molecule has 0 amide bonds. The predicted molar refractivity (Wildman–Crippen MR) is 71.5 cm³/mol. The van der Waals surface area contributed by atoms with Crippen LogP contribution in [0.1, 0.15) is 31.0 Å². The summed E-state index contributed by atoms with van der Waals surface area (Å²) in [5, 5.41) is 3.39. The van der Waals surface area contributed by atoms with Gasteiger partial charge in [0.05, 0.1) is 6.04 Å². The van der Waals surface area contributed by atoms with E-state index in [0.717, 1.165) is 0 Å². The molecule has 0 spiro atoms. The topological polar surface area (TPSA) is 12.0 Å². The Morgan fingerprint density at radius 2 is 2.25 bits per heavy atom. The second kappa shape index (κ2) is 4.40. The summed E-state index contributed by atoms with van der Waals surface area (Å²) in [5.41, 5.74) is 5.14. The summed E-state index contributed by atoms with van der Waals surface area (Å²) in [7, 11) is 0. The molecule has 1 heteroatoms. The van der Waals surface area contributed by atoms with Crippen LogP contribution in [0.4, 0.5) is 5.69 Å². The zero-order chi connectivity index (χ0) is 11.5. The third kappa shape index (κ3) is 1.81. The predicted octanol–water partition coefficient (Wildman–Crippen LogP) is 4.32. The fraction of sp³-hybridized carbons (Fsp3) is 0.200. The molecule has 1 heterocycles. The van der Waals surface area contributed by atoms with Crippen molar-refractivity contribution in [1.29, 1.82) is 0 Å². The normalized spacial score (nSPS) is 18.9. The number of nitrogens with one attached hydrogen (secondary N) is 1. The molecule has 1 N–H and O–H groups in total. The van der Waals surface area contributed by atoms with E-state index in [-0.39, 0.29) is 0 Å². The highest BCUT2D eigenvalue weighted by atomic mass is 15.0. The number of anilines is 1. The van der Waals surface area contributed by atoms with Crippen LogP contribution in [-0.2, 0) is 0 Å². The van der Waals surface area contributed by atoms with Gasteiger partial charge in [0.15, 0.2) is 0 Å². The van der Waals surface area contributed by atoms with E-state index in [1.165, 1.54) is 22.4 Å². The van der Waals surface area contributed by atoms with Crippen LogP contribution in [0.15, 0.2) is 49.1 Å². The lowest BCUT2D eigenvalue weighted by molar-refractivity contribution is 0.819. The Balaban J connectivity index is 2.30. The molecule has 16 heavy (non-hydrogen) atoms. The Labute approximate surface area is 97.2 Å². The highest BCUT2D eigenvalue weighted by Gasteiger charge is 2.20. The van der Waals surface area contributed by atoms with Gasteiger partial charge in [-0.25, -0.2) is 0 Å². The van der Waals surface area contributed by atoms with Gasteiger partial charge in [0.1, 0.15) is 0 Å². The van der Waals surface area contributed by atoms with Crippen LogP contribution in [0.5, 0.6) is 0 Å². The molecule has 1 aliphatic heterocycles. The third-order valence-electron chi connectivity index (χ3n) is 2.95. The van der Waals surface area contributed by atoms with Crippen molar-refractivity contribution in [2.45, 2.75) is 19.9 Å². The largest absolute Gasteiger partial charge is 0.378 e. The van der Waals surface area contributed by atoms with E-state index in [9.17, 15) is 0 Å². The molecule has 2 rings (SSSR count). The Morgan fingerprint density at radius 1 is 1.44 bits per heavy atom. The third-order valence-corrected chi connectivity index (χ3v) is 2.95. The molecular weight excluding hydrogens is 194 g/mol. The summed E-state index contributed by atoms with van der Waals surface area (Å²) in [6.07, 6.45) is 7.95. The van der Waals surface area contributed by atoms with Crippen molar-refractivity contribution in [2.24, 2.45) is 0 Å². The van der Waals surface area contributed by atoms with Crippen molar-refractivity contribution in [2.75, 3.05) is 5.32 Å². The second-order valence-electron chi connectivity index (χ2n) is 4.01. The molecule has 0 saturated carbocycles. The van der Waals surface area contributed by atoms with Gasteiger partial charge in [-0.15, -0.1) is 0 Å². The lowest BCUT2D eigenvalue weighted by Crippen LogP contribution is -2.19. The lowest BCUT2D eigenvalue weighted by atomic mass is 9.93. The fourth-order valence-corrected chi connectivity index (χ4v) is 2.00. The Morgan fingerprint density at radius 3 is 2.81 bits per heavy atom. The highest BCUT2D eigenvalue weighted by Crippen LogP contribution is 2.37. The van der Waals surface area contributed by atoms with E-state index in [1.54, 1.807) is 6.08 Å². The van der Waals surface area contributed by atoms with Gasteiger partial charge in [-0.3, -0.25) is 0 Å². The van der Waals surface area contributed by atoms with Gasteiger partial charge in [0, 0.05) is 5.69 Å². The van der Waals surface area contributed by atoms with E-state index in [0.29, 0.717) is 6.04 Å². The molecule has 1 unspecified atom stereocenters. The molecule has 0 saturated heterocycles. The Bertz CT molecular complexity index is 466. The van der Waals surface area contributed by atoms with E-state index >= 15 is 0 Å². The maximum Gasteiger partial charge on any atom is 0.0506 e. The van der Waals surface area contributed by atoms with Crippen LogP contribution in [0.3, 0.4) is 0 Å². The zero-order valence-corrected chi connectivity index (χ0v) is 9.83. The average Bonchev–Trinajstić information content (AvgIpc) is 2.29. The van der Waals surface area contributed by atoms with Crippen molar-refractivity contribution in [1.82, 2.24) is 0 Å². The van der Waals surface area contributed by atoms with Crippen LogP contribution in [0.25, 0.3) is 5.57 Å². The number of hydrogen-bond acceptors (Lipinski definition) is 1. The molecule has 1 aromatic carbocycles. The average molecular weight is 211 g/mol. The van der Waals surface area contributed by atoms with Crippen molar-refractivity contribution < 1.29 is 0 Å². The molecule has 1 aromatic rings. The summed E-state index contributed by atoms with van der Waals surface area (Å²) in [6, 6.07) is 7.09. The summed E-state index contributed by atoms with van der Waals surface area (Å²) < 4.78 is 0. The van der Waals surface area contributed by atoms with E-state index in [1.807, 2.05) is 6.08 Å². The van der Waals surface area contributed by atoms with E-state index in [4.69, 9.17) is 0 Å².